The molecule has 1 aromatic heterocycles. The lowest BCUT2D eigenvalue weighted by atomic mass is 9.74. The monoisotopic (exact) mass is 389 g/mol. The van der Waals surface area contributed by atoms with E-state index in [2.05, 4.69) is 10.3 Å². The fraction of sp³-hybridized carbons (Fsp3) is 0.714. The Balaban J connectivity index is 1.31. The fourth-order valence-electron chi connectivity index (χ4n) is 4.81. The SMILES string of the molecule is O=C(CC1CN(C(=O)Cc2cc[nH]c2)C2(CCC2)CO1)NC[C@@H]1CCC[C@H]1O. The number of nitrogens with zero attached hydrogens (tertiary/aromatic N) is 1. The molecule has 7 nitrogen and oxygen atoms in total. The van der Waals surface area contributed by atoms with Crippen LogP contribution in [0.3, 0.4) is 0 Å². The number of aromatic nitrogens is 1. The number of aliphatic hydroxyl groups excluding tert-OH is 1. The quantitative estimate of drug-likeness (QED) is 0.685. The first-order chi connectivity index (χ1) is 13.6. The molecule has 2 aliphatic carbocycles. The molecule has 154 valence electrons. The zero-order valence-electron chi connectivity index (χ0n) is 16.4. The number of rotatable bonds is 6. The number of hydrogen-bond acceptors (Lipinski definition) is 4. The van der Waals surface area contributed by atoms with Gasteiger partial charge in [-0.15, -0.1) is 0 Å². The summed E-state index contributed by atoms with van der Waals surface area (Å²) in [5.41, 5.74) is 0.810. The normalized spacial score (nSPS) is 28.9. The summed E-state index contributed by atoms with van der Waals surface area (Å²) in [5, 5.41) is 12.8. The van der Waals surface area contributed by atoms with Crippen molar-refractivity contribution in [2.45, 2.75) is 69.1 Å². The number of aromatic amines is 1. The van der Waals surface area contributed by atoms with Gasteiger partial charge in [0.2, 0.25) is 11.8 Å². The van der Waals surface area contributed by atoms with Crippen molar-refractivity contribution < 1.29 is 19.4 Å². The molecule has 0 aromatic carbocycles. The van der Waals surface area contributed by atoms with Gasteiger partial charge < -0.3 is 25.0 Å². The van der Waals surface area contributed by atoms with E-state index in [1.807, 2.05) is 23.4 Å². The van der Waals surface area contributed by atoms with E-state index in [1.54, 1.807) is 0 Å². The first-order valence-electron chi connectivity index (χ1n) is 10.5. The van der Waals surface area contributed by atoms with Crippen LogP contribution in [0.15, 0.2) is 18.5 Å². The van der Waals surface area contributed by atoms with E-state index in [0.29, 0.717) is 26.1 Å². The second-order valence-electron chi connectivity index (χ2n) is 8.68. The number of hydrogen-bond donors (Lipinski definition) is 3. The highest BCUT2D eigenvalue weighted by Crippen LogP contribution is 2.41. The average molecular weight is 389 g/mol. The number of nitrogens with one attached hydrogen (secondary N) is 2. The lowest BCUT2D eigenvalue weighted by molar-refractivity contribution is -0.172. The van der Waals surface area contributed by atoms with Gasteiger partial charge in [-0.05, 0) is 43.7 Å². The molecule has 3 atom stereocenters. The van der Waals surface area contributed by atoms with Crippen molar-refractivity contribution in [3.05, 3.63) is 24.0 Å². The molecule has 2 heterocycles. The zero-order valence-corrected chi connectivity index (χ0v) is 16.4. The van der Waals surface area contributed by atoms with Crippen molar-refractivity contribution in [1.29, 1.82) is 0 Å². The van der Waals surface area contributed by atoms with Crippen LogP contribution < -0.4 is 5.32 Å². The maximum absolute atomic E-state index is 13.0. The number of carbonyl (C=O) groups is 2. The number of amides is 2. The van der Waals surface area contributed by atoms with Gasteiger partial charge >= 0.3 is 0 Å². The standard InChI is InChI=1S/C21H31N3O4/c25-18-4-1-3-16(18)12-23-19(26)10-17-13-24(21(14-28-17)6-2-7-21)20(27)9-15-5-8-22-11-15/h5,8,11,16-18,22,25H,1-4,6-7,9-10,12-14H2,(H,23,26)/t16-,17?,18+/m0/s1. The Labute approximate surface area is 165 Å². The van der Waals surface area contributed by atoms with Crippen molar-refractivity contribution >= 4 is 11.8 Å². The minimum atomic E-state index is -0.300. The lowest BCUT2D eigenvalue weighted by Gasteiger charge is -2.54. The summed E-state index contributed by atoms with van der Waals surface area (Å²) in [7, 11) is 0. The molecule has 7 heteroatoms. The third kappa shape index (κ3) is 4.10. The Morgan fingerprint density at radius 3 is 2.82 bits per heavy atom. The van der Waals surface area contributed by atoms with E-state index in [1.165, 1.54) is 0 Å². The van der Waals surface area contributed by atoms with Gasteiger partial charge in [-0.3, -0.25) is 9.59 Å². The Morgan fingerprint density at radius 1 is 1.32 bits per heavy atom. The van der Waals surface area contributed by atoms with Crippen LogP contribution in [-0.2, 0) is 20.7 Å². The molecular formula is C21H31N3O4. The molecule has 3 N–H and O–H groups in total. The lowest BCUT2D eigenvalue weighted by Crippen LogP contribution is -2.65. The van der Waals surface area contributed by atoms with Crippen LogP contribution >= 0.6 is 0 Å². The summed E-state index contributed by atoms with van der Waals surface area (Å²) in [5.74, 6) is 0.211. The van der Waals surface area contributed by atoms with Crippen LogP contribution in [0, 0.1) is 5.92 Å². The number of aliphatic hydroxyl groups is 1. The molecule has 0 bridgehead atoms. The Kier molecular flexibility index (Phi) is 5.73. The summed E-state index contributed by atoms with van der Waals surface area (Å²) in [6.45, 7) is 1.51. The van der Waals surface area contributed by atoms with E-state index in [-0.39, 0.29) is 41.9 Å². The maximum Gasteiger partial charge on any atom is 0.227 e. The molecule has 0 radical (unpaired) electrons. The molecule has 1 saturated heterocycles. The molecule has 1 aliphatic heterocycles. The van der Waals surface area contributed by atoms with Crippen molar-refractivity contribution in [3.63, 3.8) is 0 Å². The molecule has 1 spiro atoms. The highest BCUT2D eigenvalue weighted by molar-refractivity contribution is 5.80. The highest BCUT2D eigenvalue weighted by atomic mass is 16.5. The minimum absolute atomic E-state index is 0.0632. The predicted molar refractivity (Wildman–Crippen MR) is 104 cm³/mol. The molecule has 3 fully saturated rings. The summed E-state index contributed by atoms with van der Waals surface area (Å²) >= 11 is 0. The average Bonchev–Trinajstić information content (AvgIpc) is 3.30. The van der Waals surface area contributed by atoms with Crippen molar-refractivity contribution in [2.75, 3.05) is 19.7 Å². The topological polar surface area (TPSA) is 94.7 Å². The minimum Gasteiger partial charge on any atom is -0.393 e. The summed E-state index contributed by atoms with van der Waals surface area (Å²) in [6, 6.07) is 1.92. The van der Waals surface area contributed by atoms with Crippen LogP contribution in [0.5, 0.6) is 0 Å². The van der Waals surface area contributed by atoms with Gasteiger partial charge in [-0.2, -0.15) is 0 Å². The Hall–Kier alpha value is -1.86. The largest absolute Gasteiger partial charge is 0.393 e. The van der Waals surface area contributed by atoms with Gasteiger partial charge in [-0.1, -0.05) is 6.42 Å². The third-order valence-corrected chi connectivity index (χ3v) is 6.74. The first kappa shape index (κ1) is 19.5. The Morgan fingerprint density at radius 2 is 2.18 bits per heavy atom. The highest BCUT2D eigenvalue weighted by Gasteiger charge is 2.49. The molecule has 2 amide bonds. The predicted octanol–water partition coefficient (Wildman–Crippen LogP) is 1.37. The zero-order chi connectivity index (χ0) is 19.6. The summed E-state index contributed by atoms with van der Waals surface area (Å²) < 4.78 is 6.00. The third-order valence-electron chi connectivity index (χ3n) is 6.74. The number of morpholine rings is 1. The van der Waals surface area contributed by atoms with Gasteiger partial charge in [0.25, 0.3) is 0 Å². The van der Waals surface area contributed by atoms with E-state index in [0.717, 1.165) is 44.1 Å². The second-order valence-corrected chi connectivity index (χ2v) is 8.68. The maximum atomic E-state index is 13.0. The summed E-state index contributed by atoms with van der Waals surface area (Å²) in [4.78, 5) is 30.3. The van der Waals surface area contributed by atoms with Gasteiger partial charge in [0.15, 0.2) is 0 Å². The van der Waals surface area contributed by atoms with Gasteiger partial charge in [0.05, 0.1) is 37.2 Å². The van der Waals surface area contributed by atoms with E-state index in [9.17, 15) is 14.7 Å². The molecule has 4 rings (SSSR count). The van der Waals surface area contributed by atoms with Crippen LogP contribution in [0.2, 0.25) is 0 Å². The van der Waals surface area contributed by atoms with Crippen LogP contribution in [0.25, 0.3) is 0 Å². The molecule has 1 unspecified atom stereocenters. The van der Waals surface area contributed by atoms with Gasteiger partial charge in [0, 0.05) is 31.4 Å². The molecular weight excluding hydrogens is 358 g/mol. The molecule has 2 saturated carbocycles. The van der Waals surface area contributed by atoms with Crippen molar-refractivity contribution in [2.24, 2.45) is 5.92 Å². The second kappa shape index (κ2) is 8.25. The molecule has 3 aliphatic rings. The van der Waals surface area contributed by atoms with Gasteiger partial charge in [-0.25, -0.2) is 0 Å². The van der Waals surface area contributed by atoms with E-state index in [4.69, 9.17) is 4.74 Å². The van der Waals surface area contributed by atoms with Crippen LogP contribution in [0.1, 0.15) is 50.5 Å². The number of carbonyl (C=O) groups excluding carboxylic acids is 2. The Bertz CT molecular complexity index is 686. The van der Waals surface area contributed by atoms with Crippen LogP contribution in [-0.4, -0.2) is 64.2 Å². The van der Waals surface area contributed by atoms with E-state index >= 15 is 0 Å². The number of H-pyrrole nitrogens is 1. The first-order valence-corrected chi connectivity index (χ1v) is 10.5. The molecule has 1 aromatic rings. The van der Waals surface area contributed by atoms with Crippen molar-refractivity contribution in [1.82, 2.24) is 15.2 Å². The number of ether oxygens (including phenoxy) is 1. The van der Waals surface area contributed by atoms with Crippen molar-refractivity contribution in [3.8, 4) is 0 Å². The van der Waals surface area contributed by atoms with Crippen LogP contribution in [0.4, 0.5) is 0 Å². The summed E-state index contributed by atoms with van der Waals surface area (Å²) in [6.07, 6.45) is 9.63. The van der Waals surface area contributed by atoms with Gasteiger partial charge in [0.1, 0.15) is 0 Å². The smallest absolute Gasteiger partial charge is 0.227 e. The fourth-order valence-corrected chi connectivity index (χ4v) is 4.81. The van der Waals surface area contributed by atoms with E-state index < -0.39 is 0 Å². The molecule has 28 heavy (non-hydrogen) atoms.